The number of rotatable bonds is 3. The second-order valence-electron chi connectivity index (χ2n) is 3.98. The van der Waals surface area contributed by atoms with Crippen LogP contribution in [0.25, 0.3) is 11.0 Å². The second kappa shape index (κ2) is 4.44. The fourth-order valence-electron chi connectivity index (χ4n) is 1.64. The Labute approximate surface area is 103 Å². The molecule has 0 saturated heterocycles. The molecule has 1 unspecified atom stereocenters. The van der Waals surface area contributed by atoms with E-state index < -0.39 is 6.10 Å². The molecule has 1 aromatic carbocycles. The predicted molar refractivity (Wildman–Crippen MR) is 68.3 cm³/mol. The summed E-state index contributed by atoms with van der Waals surface area (Å²) in [7, 11) is 0. The Morgan fingerprint density at radius 1 is 1.56 bits per heavy atom. The summed E-state index contributed by atoms with van der Waals surface area (Å²) >= 11 is 3.42. The van der Waals surface area contributed by atoms with Gasteiger partial charge in [-0.3, -0.25) is 0 Å². The van der Waals surface area contributed by atoms with Crippen molar-refractivity contribution in [2.75, 3.05) is 0 Å². The van der Waals surface area contributed by atoms with Crippen LogP contribution in [-0.4, -0.2) is 5.11 Å². The molecule has 1 aromatic heterocycles. The lowest BCUT2D eigenvalue weighted by Gasteiger charge is -2.05. The highest BCUT2D eigenvalue weighted by Crippen LogP contribution is 2.31. The molecule has 2 rings (SSSR count). The van der Waals surface area contributed by atoms with E-state index in [1.165, 1.54) is 0 Å². The number of benzene rings is 1. The zero-order valence-electron chi connectivity index (χ0n) is 9.03. The van der Waals surface area contributed by atoms with Crippen LogP contribution >= 0.6 is 15.9 Å². The van der Waals surface area contributed by atoms with E-state index in [0.717, 1.165) is 21.0 Å². The first kappa shape index (κ1) is 11.4. The van der Waals surface area contributed by atoms with E-state index in [9.17, 15) is 5.11 Å². The summed E-state index contributed by atoms with van der Waals surface area (Å²) < 4.78 is 6.53. The van der Waals surface area contributed by atoms with E-state index in [2.05, 4.69) is 22.5 Å². The molecule has 0 aliphatic rings. The number of furan rings is 1. The Hall–Kier alpha value is -1.06. The van der Waals surface area contributed by atoms with Gasteiger partial charge in [-0.2, -0.15) is 0 Å². The van der Waals surface area contributed by atoms with Gasteiger partial charge in [0.15, 0.2) is 0 Å². The second-order valence-corrected chi connectivity index (χ2v) is 4.84. The molecule has 0 saturated carbocycles. The molecule has 0 radical (unpaired) electrons. The van der Waals surface area contributed by atoms with Crippen LogP contribution in [-0.2, 0) is 0 Å². The molecule has 0 spiro atoms. The molecule has 0 amide bonds. The van der Waals surface area contributed by atoms with E-state index in [4.69, 9.17) is 4.42 Å². The molecule has 1 N–H and O–H groups in total. The van der Waals surface area contributed by atoms with Gasteiger partial charge >= 0.3 is 0 Å². The average molecular weight is 281 g/mol. The minimum atomic E-state index is -0.614. The van der Waals surface area contributed by atoms with Crippen LogP contribution in [0.2, 0.25) is 0 Å². The summed E-state index contributed by atoms with van der Waals surface area (Å²) in [6, 6.07) is 7.69. The topological polar surface area (TPSA) is 33.4 Å². The van der Waals surface area contributed by atoms with Crippen molar-refractivity contribution in [1.29, 1.82) is 0 Å². The SMILES string of the molecule is C=C(C)CC(O)c1cc2cccc(Br)c2o1. The van der Waals surface area contributed by atoms with Gasteiger partial charge in [0.25, 0.3) is 0 Å². The van der Waals surface area contributed by atoms with Crippen molar-refractivity contribution >= 4 is 26.9 Å². The maximum atomic E-state index is 9.91. The largest absolute Gasteiger partial charge is 0.457 e. The first-order valence-corrected chi connectivity index (χ1v) is 5.87. The lowest BCUT2D eigenvalue weighted by atomic mass is 10.1. The zero-order chi connectivity index (χ0) is 11.7. The maximum Gasteiger partial charge on any atom is 0.148 e. The van der Waals surface area contributed by atoms with Crippen molar-refractivity contribution in [1.82, 2.24) is 0 Å². The van der Waals surface area contributed by atoms with Gasteiger partial charge in [0.1, 0.15) is 17.4 Å². The third-order valence-corrected chi connectivity index (χ3v) is 3.01. The van der Waals surface area contributed by atoms with Crippen LogP contribution in [0.1, 0.15) is 25.2 Å². The van der Waals surface area contributed by atoms with Crippen molar-refractivity contribution in [3.63, 3.8) is 0 Å². The lowest BCUT2D eigenvalue weighted by molar-refractivity contribution is 0.152. The molecule has 0 aliphatic heterocycles. The summed E-state index contributed by atoms with van der Waals surface area (Å²) in [5.41, 5.74) is 1.71. The Kier molecular flexibility index (Phi) is 3.17. The Balaban J connectivity index is 2.39. The minimum absolute atomic E-state index is 0.525. The van der Waals surface area contributed by atoms with Crippen LogP contribution in [0.3, 0.4) is 0 Å². The summed E-state index contributed by atoms with van der Waals surface area (Å²) in [6.07, 6.45) is -0.0888. The van der Waals surface area contributed by atoms with Crippen LogP contribution in [0.15, 0.2) is 45.3 Å². The summed E-state index contributed by atoms with van der Waals surface area (Å²) in [6.45, 7) is 5.67. The van der Waals surface area contributed by atoms with Gasteiger partial charge in [-0.05, 0) is 35.0 Å². The standard InChI is InChI=1S/C13H13BrO2/c1-8(2)6-11(15)12-7-9-4-3-5-10(14)13(9)16-12/h3-5,7,11,15H,1,6H2,2H3. The molecule has 1 atom stereocenters. The Morgan fingerprint density at radius 2 is 2.31 bits per heavy atom. The van der Waals surface area contributed by atoms with E-state index in [1.807, 2.05) is 31.2 Å². The Bertz CT molecular complexity index is 528. The van der Waals surface area contributed by atoms with Gasteiger partial charge in [0, 0.05) is 11.8 Å². The highest BCUT2D eigenvalue weighted by Gasteiger charge is 2.14. The van der Waals surface area contributed by atoms with Crippen LogP contribution in [0, 0.1) is 0 Å². The molecule has 0 fully saturated rings. The number of hydrogen-bond acceptors (Lipinski definition) is 2. The number of halogens is 1. The van der Waals surface area contributed by atoms with Crippen LogP contribution in [0.5, 0.6) is 0 Å². The highest BCUT2D eigenvalue weighted by molar-refractivity contribution is 9.10. The van der Waals surface area contributed by atoms with Gasteiger partial charge in [0.2, 0.25) is 0 Å². The molecule has 2 nitrogen and oxygen atoms in total. The van der Waals surface area contributed by atoms with Crippen molar-refractivity contribution in [2.24, 2.45) is 0 Å². The monoisotopic (exact) mass is 280 g/mol. The number of aliphatic hydroxyl groups is 1. The lowest BCUT2D eigenvalue weighted by Crippen LogP contribution is -1.95. The molecule has 16 heavy (non-hydrogen) atoms. The van der Waals surface area contributed by atoms with Gasteiger partial charge in [-0.25, -0.2) is 0 Å². The molecule has 3 heteroatoms. The van der Waals surface area contributed by atoms with Crippen molar-refractivity contribution in [3.05, 3.63) is 46.7 Å². The van der Waals surface area contributed by atoms with Crippen LogP contribution < -0.4 is 0 Å². The molecular formula is C13H13BrO2. The van der Waals surface area contributed by atoms with Crippen LogP contribution in [0.4, 0.5) is 0 Å². The van der Waals surface area contributed by atoms with Gasteiger partial charge in [0.05, 0.1) is 4.47 Å². The van der Waals surface area contributed by atoms with Gasteiger partial charge in [-0.15, -0.1) is 6.58 Å². The smallest absolute Gasteiger partial charge is 0.148 e. The molecule has 1 heterocycles. The number of fused-ring (bicyclic) bond motifs is 1. The fraction of sp³-hybridized carbons (Fsp3) is 0.231. The van der Waals surface area contributed by atoms with Crippen molar-refractivity contribution < 1.29 is 9.52 Å². The minimum Gasteiger partial charge on any atom is -0.457 e. The number of aliphatic hydroxyl groups excluding tert-OH is 1. The quantitative estimate of drug-likeness (QED) is 0.855. The summed E-state index contributed by atoms with van der Waals surface area (Å²) in [5.74, 6) is 0.588. The van der Waals surface area contributed by atoms with Gasteiger partial charge in [-0.1, -0.05) is 17.7 Å². The maximum absolute atomic E-state index is 9.91. The first-order chi connectivity index (χ1) is 7.58. The van der Waals surface area contributed by atoms with Gasteiger partial charge < -0.3 is 9.52 Å². The normalized spacial score (nSPS) is 12.9. The first-order valence-electron chi connectivity index (χ1n) is 5.08. The summed E-state index contributed by atoms with van der Waals surface area (Å²) in [4.78, 5) is 0. The van der Waals surface area contributed by atoms with E-state index in [0.29, 0.717) is 12.2 Å². The number of para-hydroxylation sites is 1. The van der Waals surface area contributed by atoms with E-state index in [1.54, 1.807) is 0 Å². The molecule has 2 aromatic rings. The van der Waals surface area contributed by atoms with Crippen molar-refractivity contribution in [2.45, 2.75) is 19.4 Å². The Morgan fingerprint density at radius 3 is 2.94 bits per heavy atom. The summed E-state index contributed by atoms with van der Waals surface area (Å²) in [5, 5.41) is 10.9. The highest BCUT2D eigenvalue weighted by atomic mass is 79.9. The molecular weight excluding hydrogens is 268 g/mol. The average Bonchev–Trinajstić information content (AvgIpc) is 2.61. The fourth-order valence-corrected chi connectivity index (χ4v) is 2.10. The van der Waals surface area contributed by atoms with E-state index in [-0.39, 0.29) is 0 Å². The van der Waals surface area contributed by atoms with E-state index >= 15 is 0 Å². The third kappa shape index (κ3) is 2.20. The predicted octanol–water partition coefficient (Wildman–Crippen LogP) is 4.19. The number of hydrogen-bond donors (Lipinski definition) is 1. The van der Waals surface area contributed by atoms with Crippen molar-refractivity contribution in [3.8, 4) is 0 Å². The molecule has 84 valence electrons. The third-order valence-electron chi connectivity index (χ3n) is 2.39. The molecule has 0 aliphatic carbocycles. The zero-order valence-corrected chi connectivity index (χ0v) is 10.6. The molecule has 0 bridgehead atoms.